The van der Waals surface area contributed by atoms with Crippen LogP contribution in [0, 0.1) is 41.5 Å². The van der Waals surface area contributed by atoms with E-state index in [1.165, 1.54) is 43.8 Å². The van der Waals surface area contributed by atoms with E-state index in [-0.39, 0.29) is 6.10 Å². The average Bonchev–Trinajstić information content (AvgIpc) is 2.44. The molecule has 2 rings (SSSR count). The standard InChI is InChI=1S/C22H29OSi/c1-9-20(8)23-24(21-16(4)10-14(2)11-17(21)5)22-18(6)12-15(3)13-19(22)7/h9-13,20H,1H2,2-8H3. The molecule has 0 aromatic heterocycles. The first kappa shape index (κ1) is 18.7. The predicted octanol–water partition coefficient (Wildman–Crippen LogP) is 4.23. The Bertz CT molecular complexity index is 657. The molecule has 1 unspecified atom stereocenters. The molecule has 1 nitrogen and oxygen atoms in total. The second-order valence-electron chi connectivity index (χ2n) is 6.94. The molecule has 0 spiro atoms. The third kappa shape index (κ3) is 3.88. The highest BCUT2D eigenvalue weighted by molar-refractivity contribution is 6.81. The fourth-order valence-corrected chi connectivity index (χ4v) is 6.23. The molecule has 1 atom stereocenters. The summed E-state index contributed by atoms with van der Waals surface area (Å²) in [6.45, 7) is 19.1. The lowest BCUT2D eigenvalue weighted by Crippen LogP contribution is -2.51. The molecule has 1 radical (unpaired) electrons. The second kappa shape index (κ2) is 7.50. The van der Waals surface area contributed by atoms with Gasteiger partial charge in [0.2, 0.25) is 0 Å². The van der Waals surface area contributed by atoms with Crippen molar-refractivity contribution in [3.8, 4) is 0 Å². The van der Waals surface area contributed by atoms with Gasteiger partial charge in [-0.15, -0.1) is 6.58 Å². The zero-order valence-electron chi connectivity index (χ0n) is 16.1. The Labute approximate surface area is 149 Å². The molecular formula is C22H29OSi. The summed E-state index contributed by atoms with van der Waals surface area (Å²) in [5.74, 6) is 0. The van der Waals surface area contributed by atoms with Crippen LogP contribution in [0.15, 0.2) is 36.9 Å². The Morgan fingerprint density at radius 3 is 1.42 bits per heavy atom. The van der Waals surface area contributed by atoms with E-state index < -0.39 is 9.04 Å². The number of rotatable bonds is 5. The maximum atomic E-state index is 6.56. The summed E-state index contributed by atoms with van der Waals surface area (Å²) in [5.41, 5.74) is 7.94. The van der Waals surface area contributed by atoms with Crippen LogP contribution in [0.2, 0.25) is 0 Å². The van der Waals surface area contributed by atoms with Crippen LogP contribution in [0.1, 0.15) is 40.3 Å². The minimum Gasteiger partial charge on any atom is -0.401 e. The second-order valence-corrected chi connectivity index (χ2v) is 8.83. The lowest BCUT2D eigenvalue weighted by Gasteiger charge is -2.26. The summed E-state index contributed by atoms with van der Waals surface area (Å²) in [5, 5.41) is 2.77. The number of hydrogen-bond acceptors (Lipinski definition) is 1. The molecule has 0 aliphatic rings. The minimum absolute atomic E-state index is 0.0408. The van der Waals surface area contributed by atoms with E-state index >= 15 is 0 Å². The quantitative estimate of drug-likeness (QED) is 0.586. The molecule has 0 aliphatic carbocycles. The van der Waals surface area contributed by atoms with Gasteiger partial charge in [-0.1, -0.05) is 41.5 Å². The Balaban J connectivity index is 2.70. The van der Waals surface area contributed by atoms with E-state index in [2.05, 4.69) is 79.3 Å². The van der Waals surface area contributed by atoms with Gasteiger partial charge in [0.15, 0.2) is 0 Å². The molecule has 0 saturated heterocycles. The number of aryl methyl sites for hydroxylation is 6. The highest BCUT2D eigenvalue weighted by Crippen LogP contribution is 2.14. The topological polar surface area (TPSA) is 9.23 Å². The van der Waals surface area contributed by atoms with E-state index in [9.17, 15) is 0 Å². The van der Waals surface area contributed by atoms with E-state index in [0.717, 1.165) is 0 Å². The first-order valence-electron chi connectivity index (χ1n) is 8.57. The number of hydrogen-bond donors (Lipinski definition) is 0. The van der Waals surface area contributed by atoms with Crippen molar-refractivity contribution in [3.63, 3.8) is 0 Å². The molecule has 0 bridgehead atoms. The Morgan fingerprint density at radius 1 is 0.792 bits per heavy atom. The van der Waals surface area contributed by atoms with Crippen LogP contribution >= 0.6 is 0 Å². The maximum Gasteiger partial charge on any atom is 0.284 e. The smallest absolute Gasteiger partial charge is 0.284 e. The van der Waals surface area contributed by atoms with Crippen molar-refractivity contribution in [1.29, 1.82) is 0 Å². The normalized spacial score (nSPS) is 12.5. The molecule has 0 heterocycles. The van der Waals surface area contributed by atoms with E-state index in [0.29, 0.717) is 0 Å². The SMILES string of the molecule is C=CC(C)O[Si](c1c(C)cc(C)cc1C)c1c(C)cc(C)cc1C. The molecular weight excluding hydrogens is 308 g/mol. The Hall–Kier alpha value is -1.64. The van der Waals surface area contributed by atoms with Crippen LogP contribution in [-0.2, 0) is 4.43 Å². The van der Waals surface area contributed by atoms with E-state index in [4.69, 9.17) is 4.43 Å². The zero-order chi connectivity index (χ0) is 18.0. The molecule has 0 amide bonds. The van der Waals surface area contributed by atoms with Gasteiger partial charge in [0.25, 0.3) is 9.04 Å². The largest absolute Gasteiger partial charge is 0.401 e. The van der Waals surface area contributed by atoms with E-state index in [1.807, 2.05) is 6.08 Å². The van der Waals surface area contributed by atoms with Crippen molar-refractivity contribution in [2.24, 2.45) is 0 Å². The van der Waals surface area contributed by atoms with Gasteiger partial charge in [0.1, 0.15) is 0 Å². The summed E-state index contributed by atoms with van der Waals surface area (Å²) in [7, 11) is -1.34. The molecule has 24 heavy (non-hydrogen) atoms. The van der Waals surface area contributed by atoms with Crippen LogP contribution in [0.5, 0.6) is 0 Å². The summed E-state index contributed by atoms with van der Waals surface area (Å²) in [6.07, 6.45) is 1.93. The third-order valence-electron chi connectivity index (χ3n) is 4.44. The van der Waals surface area contributed by atoms with Gasteiger partial charge in [-0.2, -0.15) is 0 Å². The molecule has 2 aromatic rings. The van der Waals surface area contributed by atoms with Crippen molar-refractivity contribution in [3.05, 3.63) is 70.3 Å². The maximum absolute atomic E-state index is 6.56. The molecule has 0 fully saturated rings. The van der Waals surface area contributed by atoms with E-state index in [1.54, 1.807) is 0 Å². The third-order valence-corrected chi connectivity index (χ3v) is 7.54. The summed E-state index contributed by atoms with van der Waals surface area (Å²) in [6, 6.07) is 9.09. The average molecular weight is 338 g/mol. The molecule has 0 N–H and O–H groups in total. The van der Waals surface area contributed by atoms with Crippen LogP contribution in [-0.4, -0.2) is 15.1 Å². The first-order chi connectivity index (χ1) is 11.2. The predicted molar refractivity (Wildman–Crippen MR) is 107 cm³/mol. The minimum atomic E-state index is -1.34. The first-order valence-corrected chi connectivity index (χ1v) is 9.98. The fraction of sp³-hybridized carbons (Fsp3) is 0.364. The van der Waals surface area contributed by atoms with Crippen molar-refractivity contribution in [2.75, 3.05) is 0 Å². The van der Waals surface area contributed by atoms with Crippen molar-refractivity contribution < 1.29 is 4.43 Å². The van der Waals surface area contributed by atoms with Crippen molar-refractivity contribution in [2.45, 2.75) is 54.6 Å². The van der Waals surface area contributed by atoms with Gasteiger partial charge >= 0.3 is 0 Å². The van der Waals surface area contributed by atoms with Crippen molar-refractivity contribution in [1.82, 2.24) is 0 Å². The van der Waals surface area contributed by atoms with Gasteiger partial charge in [-0.25, -0.2) is 0 Å². The van der Waals surface area contributed by atoms with Crippen LogP contribution in [0.4, 0.5) is 0 Å². The van der Waals surface area contributed by atoms with Crippen LogP contribution in [0.3, 0.4) is 0 Å². The Morgan fingerprint density at radius 2 is 1.12 bits per heavy atom. The summed E-state index contributed by atoms with van der Waals surface area (Å²) < 4.78 is 6.56. The van der Waals surface area contributed by atoms with Crippen molar-refractivity contribution >= 4 is 19.4 Å². The van der Waals surface area contributed by atoms with Crippen LogP contribution < -0.4 is 10.4 Å². The molecule has 0 aliphatic heterocycles. The van der Waals surface area contributed by atoms with Gasteiger partial charge in [-0.3, -0.25) is 0 Å². The van der Waals surface area contributed by atoms with Gasteiger partial charge in [0, 0.05) is 0 Å². The fourth-order valence-electron chi connectivity index (χ4n) is 3.55. The van der Waals surface area contributed by atoms with Gasteiger partial charge in [0.05, 0.1) is 6.10 Å². The summed E-state index contributed by atoms with van der Waals surface area (Å²) in [4.78, 5) is 0. The summed E-state index contributed by atoms with van der Waals surface area (Å²) >= 11 is 0. The molecule has 2 aromatic carbocycles. The number of benzene rings is 2. The molecule has 2 heteroatoms. The Kier molecular flexibility index (Phi) is 5.84. The highest BCUT2D eigenvalue weighted by atomic mass is 28.3. The zero-order valence-corrected chi connectivity index (χ0v) is 17.1. The van der Waals surface area contributed by atoms with Gasteiger partial charge < -0.3 is 4.43 Å². The highest BCUT2D eigenvalue weighted by Gasteiger charge is 2.28. The molecule has 0 saturated carbocycles. The lowest BCUT2D eigenvalue weighted by molar-refractivity contribution is 0.282. The lowest BCUT2D eigenvalue weighted by atomic mass is 10.1. The van der Waals surface area contributed by atoms with Gasteiger partial charge in [-0.05, 0) is 81.1 Å². The molecule has 127 valence electrons. The van der Waals surface area contributed by atoms with Crippen LogP contribution in [0.25, 0.3) is 0 Å². The monoisotopic (exact) mass is 337 g/mol.